The molecule has 1 aliphatic rings. The first-order chi connectivity index (χ1) is 11.5. The minimum absolute atomic E-state index is 0.0639. The van der Waals surface area contributed by atoms with E-state index in [-0.39, 0.29) is 58.7 Å². The van der Waals surface area contributed by atoms with Crippen LogP contribution in [0.15, 0.2) is 5.10 Å². The van der Waals surface area contributed by atoms with Gasteiger partial charge >= 0.3 is 11.9 Å². The van der Waals surface area contributed by atoms with Crippen molar-refractivity contribution in [3.05, 3.63) is 16.0 Å². The fourth-order valence-electron chi connectivity index (χ4n) is 1.95. The molecule has 1 aromatic heterocycles. The molecule has 2 rings (SSSR count). The lowest BCUT2D eigenvalue weighted by Gasteiger charge is -2.11. The Balaban J connectivity index is 2.17. The molecular weight excluding hydrogens is 336 g/mol. The molecule has 24 heavy (non-hydrogen) atoms. The van der Waals surface area contributed by atoms with Gasteiger partial charge in [0.05, 0.1) is 12.2 Å². The second-order valence-electron chi connectivity index (χ2n) is 4.65. The number of nitriles is 1. The molecule has 0 bridgehead atoms. The van der Waals surface area contributed by atoms with E-state index in [0.29, 0.717) is 0 Å². The number of nitrogens with zero attached hydrogens (tertiary/aromatic N) is 2. The predicted octanol–water partition coefficient (Wildman–Crippen LogP) is 0.688. The minimum Gasteiger partial charge on any atom is -0.462 e. The van der Waals surface area contributed by atoms with Crippen molar-refractivity contribution in [2.75, 3.05) is 12.3 Å². The number of nitrogens with one attached hydrogen (secondary N) is 1. The summed E-state index contributed by atoms with van der Waals surface area (Å²) in [5.74, 6) is -1.66. The standard InChI is InChI=1S/C14H14N4O5S/c1-2-22-14(21)11-8(7(5-15)12(16)24-11)6-23-13(20)9-3-4-10(19)18-17-9/h2-4,6,16H2,1H3,(H,18,19). The molecule has 1 aromatic rings. The molecule has 0 aromatic carbocycles. The summed E-state index contributed by atoms with van der Waals surface area (Å²) in [6, 6.07) is 1.89. The van der Waals surface area contributed by atoms with Gasteiger partial charge in [0.1, 0.15) is 28.3 Å². The third kappa shape index (κ3) is 3.69. The lowest BCUT2D eigenvalue weighted by molar-refractivity contribution is -0.137. The van der Waals surface area contributed by atoms with Crippen LogP contribution in [0.2, 0.25) is 0 Å². The number of carbonyl (C=O) groups is 3. The Morgan fingerprint density at radius 2 is 2.12 bits per heavy atom. The third-order valence-corrected chi connectivity index (χ3v) is 4.14. The molecule has 0 radical (unpaired) electrons. The zero-order valence-corrected chi connectivity index (χ0v) is 13.6. The molecule has 0 spiro atoms. The molecule has 9 nitrogen and oxygen atoms in total. The number of hydrazone groups is 1. The van der Waals surface area contributed by atoms with Crippen LogP contribution in [0.1, 0.15) is 40.6 Å². The average Bonchev–Trinajstić information content (AvgIpc) is 2.89. The number of carbonyl (C=O) groups excluding carboxylic acids is 3. The molecule has 1 amide bonds. The van der Waals surface area contributed by atoms with E-state index in [0.717, 1.165) is 11.3 Å². The largest absolute Gasteiger partial charge is 0.462 e. The van der Waals surface area contributed by atoms with Crippen molar-refractivity contribution in [3.8, 4) is 6.07 Å². The molecule has 10 heteroatoms. The molecule has 0 saturated heterocycles. The second kappa shape index (κ2) is 7.56. The first-order valence-electron chi connectivity index (χ1n) is 6.98. The van der Waals surface area contributed by atoms with Crippen molar-refractivity contribution in [1.29, 1.82) is 5.26 Å². The normalized spacial score (nSPS) is 13.5. The van der Waals surface area contributed by atoms with E-state index in [9.17, 15) is 19.6 Å². The zero-order chi connectivity index (χ0) is 17.7. The highest BCUT2D eigenvalue weighted by Gasteiger charge is 2.25. The lowest BCUT2D eigenvalue weighted by atomic mass is 10.1. The number of anilines is 1. The number of hydrogen-bond acceptors (Lipinski definition) is 9. The van der Waals surface area contributed by atoms with Gasteiger partial charge in [0.25, 0.3) is 0 Å². The highest BCUT2D eigenvalue weighted by atomic mass is 32.1. The summed E-state index contributed by atoms with van der Waals surface area (Å²) < 4.78 is 10.0. The van der Waals surface area contributed by atoms with E-state index in [1.54, 1.807) is 6.92 Å². The van der Waals surface area contributed by atoms with Crippen molar-refractivity contribution >= 4 is 39.9 Å². The maximum absolute atomic E-state index is 12.0. The maximum atomic E-state index is 12.0. The van der Waals surface area contributed by atoms with E-state index in [2.05, 4.69) is 10.5 Å². The van der Waals surface area contributed by atoms with Crippen molar-refractivity contribution in [1.82, 2.24) is 5.43 Å². The number of ether oxygens (including phenoxy) is 2. The molecular formula is C14H14N4O5S. The van der Waals surface area contributed by atoms with E-state index in [1.807, 2.05) is 6.07 Å². The van der Waals surface area contributed by atoms with Crippen LogP contribution in [0, 0.1) is 11.3 Å². The summed E-state index contributed by atoms with van der Waals surface area (Å²) in [4.78, 5) is 35.0. The van der Waals surface area contributed by atoms with Gasteiger partial charge in [0, 0.05) is 18.4 Å². The molecule has 2 heterocycles. The number of thiophene rings is 1. The molecule has 0 aliphatic carbocycles. The Labute approximate surface area is 141 Å². The molecule has 0 fully saturated rings. The lowest BCUT2D eigenvalue weighted by Crippen LogP contribution is -2.30. The average molecular weight is 350 g/mol. The fraction of sp³-hybridized carbons (Fsp3) is 0.357. The number of nitrogen functional groups attached to an aromatic ring is 1. The topological polar surface area (TPSA) is 144 Å². The van der Waals surface area contributed by atoms with Crippen molar-refractivity contribution in [3.63, 3.8) is 0 Å². The monoisotopic (exact) mass is 350 g/mol. The van der Waals surface area contributed by atoms with Gasteiger partial charge in [-0.25, -0.2) is 15.0 Å². The third-order valence-electron chi connectivity index (χ3n) is 3.09. The highest BCUT2D eigenvalue weighted by Crippen LogP contribution is 2.31. The van der Waals surface area contributed by atoms with E-state index in [1.165, 1.54) is 0 Å². The Bertz CT molecular complexity index is 762. The Kier molecular flexibility index (Phi) is 5.49. The second-order valence-corrected chi connectivity index (χ2v) is 5.70. The van der Waals surface area contributed by atoms with Crippen molar-refractivity contribution < 1.29 is 23.9 Å². The summed E-state index contributed by atoms with van der Waals surface area (Å²) in [6.07, 6.45) is 0.295. The molecule has 0 saturated carbocycles. The van der Waals surface area contributed by atoms with Gasteiger partial charge in [-0.3, -0.25) is 4.79 Å². The molecule has 1 aliphatic heterocycles. The number of hydrogen-bond donors (Lipinski definition) is 2. The predicted molar refractivity (Wildman–Crippen MR) is 84.0 cm³/mol. The summed E-state index contributed by atoms with van der Waals surface area (Å²) >= 11 is 0.903. The number of rotatable bonds is 5. The number of esters is 2. The molecule has 0 atom stereocenters. The first-order valence-corrected chi connectivity index (χ1v) is 7.80. The van der Waals surface area contributed by atoms with Gasteiger partial charge in [-0.1, -0.05) is 0 Å². The van der Waals surface area contributed by atoms with Gasteiger partial charge in [-0.15, -0.1) is 11.3 Å². The first kappa shape index (κ1) is 17.4. The van der Waals surface area contributed by atoms with Gasteiger partial charge in [0.2, 0.25) is 5.91 Å². The smallest absolute Gasteiger partial charge is 0.354 e. The summed E-state index contributed by atoms with van der Waals surface area (Å²) in [7, 11) is 0. The minimum atomic E-state index is -0.738. The van der Waals surface area contributed by atoms with Crippen molar-refractivity contribution in [2.24, 2.45) is 5.10 Å². The SMILES string of the molecule is CCOC(=O)c1sc(N)c(C#N)c1COC(=O)C1=NNC(=O)CC1. The summed E-state index contributed by atoms with van der Waals surface area (Å²) in [5.41, 5.74) is 8.26. The van der Waals surface area contributed by atoms with Crippen LogP contribution < -0.4 is 11.2 Å². The Morgan fingerprint density at radius 3 is 2.71 bits per heavy atom. The zero-order valence-electron chi connectivity index (χ0n) is 12.7. The van der Waals surface area contributed by atoms with Crippen LogP contribution >= 0.6 is 11.3 Å². The summed E-state index contributed by atoms with van der Waals surface area (Å²) in [6.45, 7) is 1.49. The Hall–Kier alpha value is -2.93. The number of amides is 1. The van der Waals surface area contributed by atoms with Gasteiger partial charge in [-0.2, -0.15) is 10.4 Å². The fourth-order valence-corrected chi connectivity index (χ4v) is 2.87. The quantitative estimate of drug-likeness (QED) is 0.743. The van der Waals surface area contributed by atoms with Gasteiger partial charge in [-0.05, 0) is 6.92 Å². The van der Waals surface area contributed by atoms with Crippen molar-refractivity contribution in [2.45, 2.75) is 26.4 Å². The van der Waals surface area contributed by atoms with Crippen LogP contribution in [0.4, 0.5) is 5.00 Å². The van der Waals surface area contributed by atoms with Gasteiger partial charge < -0.3 is 15.2 Å². The van der Waals surface area contributed by atoms with E-state index in [4.69, 9.17) is 15.2 Å². The Morgan fingerprint density at radius 1 is 1.38 bits per heavy atom. The van der Waals surface area contributed by atoms with Crippen LogP contribution in [-0.4, -0.2) is 30.2 Å². The van der Waals surface area contributed by atoms with Crippen LogP contribution in [-0.2, 0) is 25.7 Å². The number of nitrogens with two attached hydrogens (primary N) is 1. The van der Waals surface area contributed by atoms with Crippen LogP contribution in [0.25, 0.3) is 0 Å². The van der Waals surface area contributed by atoms with E-state index >= 15 is 0 Å². The molecule has 0 unspecified atom stereocenters. The van der Waals surface area contributed by atoms with Crippen LogP contribution in [0.3, 0.4) is 0 Å². The van der Waals surface area contributed by atoms with Gasteiger partial charge in [0.15, 0.2) is 0 Å². The van der Waals surface area contributed by atoms with E-state index < -0.39 is 11.9 Å². The summed E-state index contributed by atoms with van der Waals surface area (Å²) in [5, 5.41) is 12.9. The van der Waals surface area contributed by atoms with Crippen LogP contribution in [0.5, 0.6) is 0 Å². The molecule has 126 valence electrons. The highest BCUT2D eigenvalue weighted by molar-refractivity contribution is 7.18. The maximum Gasteiger partial charge on any atom is 0.354 e. The molecule has 3 N–H and O–H groups in total.